The van der Waals surface area contributed by atoms with E-state index in [1.807, 2.05) is 0 Å². The van der Waals surface area contributed by atoms with Crippen molar-refractivity contribution in [1.29, 1.82) is 0 Å². The summed E-state index contributed by atoms with van der Waals surface area (Å²) in [5, 5.41) is 22.4. The summed E-state index contributed by atoms with van der Waals surface area (Å²) < 4.78 is 12.4. The van der Waals surface area contributed by atoms with Crippen molar-refractivity contribution in [3.63, 3.8) is 0 Å². The van der Waals surface area contributed by atoms with Crippen LogP contribution in [0, 0.1) is 0 Å². The van der Waals surface area contributed by atoms with Crippen molar-refractivity contribution < 1.29 is 43.1 Å². The molecule has 65 heavy (non-hydrogen) atoms. The molecular formula is C44H62N10O11. The van der Waals surface area contributed by atoms with Gasteiger partial charge in [0.2, 0.25) is 5.91 Å². The van der Waals surface area contributed by atoms with E-state index in [0.29, 0.717) is 38.0 Å². The maximum atomic E-state index is 14.0. The summed E-state index contributed by atoms with van der Waals surface area (Å²) in [6, 6.07) is 12.3. The lowest BCUT2D eigenvalue weighted by Crippen LogP contribution is -2.54. The number of carbonyl (C=O) groups is 6. The van der Waals surface area contributed by atoms with E-state index in [-0.39, 0.29) is 56.4 Å². The highest BCUT2D eigenvalue weighted by molar-refractivity contribution is 6.00. The van der Waals surface area contributed by atoms with Gasteiger partial charge in [-0.05, 0) is 102 Å². The van der Waals surface area contributed by atoms with Crippen LogP contribution in [-0.2, 0) is 27.9 Å². The lowest BCUT2D eigenvalue weighted by molar-refractivity contribution is -0.123. The zero-order chi connectivity index (χ0) is 47.2. The minimum Gasteiger partial charge on any atom is -0.444 e. The van der Waals surface area contributed by atoms with E-state index in [1.54, 1.807) is 51.1 Å². The topological polar surface area (TPSA) is 270 Å². The first-order valence-corrected chi connectivity index (χ1v) is 21.7. The molecule has 21 heteroatoms. The third-order valence-electron chi connectivity index (χ3n) is 9.64. The van der Waals surface area contributed by atoms with Gasteiger partial charge in [0.05, 0.1) is 13.2 Å². The highest BCUT2D eigenvalue weighted by Crippen LogP contribution is 2.07. The largest absolute Gasteiger partial charge is 0.444 e. The predicted octanol–water partition coefficient (Wildman–Crippen LogP) is -0.425. The zero-order valence-electron chi connectivity index (χ0n) is 37.5. The van der Waals surface area contributed by atoms with Gasteiger partial charge in [-0.2, -0.15) is 0 Å². The van der Waals surface area contributed by atoms with E-state index in [4.69, 9.17) is 14.3 Å². The van der Waals surface area contributed by atoms with Crippen LogP contribution in [0.3, 0.4) is 0 Å². The van der Waals surface area contributed by atoms with Crippen LogP contribution in [0.25, 0.3) is 0 Å². The molecule has 8 N–H and O–H groups in total. The molecule has 0 spiro atoms. The highest BCUT2D eigenvalue weighted by atomic mass is 16.7. The summed E-state index contributed by atoms with van der Waals surface area (Å²) in [5.41, 5.74) is -2.74. The van der Waals surface area contributed by atoms with Crippen molar-refractivity contribution in [1.82, 2.24) is 51.8 Å². The summed E-state index contributed by atoms with van der Waals surface area (Å²) in [6.07, 6.45) is 2.47. The fourth-order valence-electron chi connectivity index (χ4n) is 6.25. The second-order valence-electron chi connectivity index (χ2n) is 16.0. The molecular weight excluding hydrogens is 845 g/mol. The molecule has 5 heterocycles. The van der Waals surface area contributed by atoms with Crippen LogP contribution in [0.2, 0.25) is 0 Å². The SMILES string of the molecule is Cn1c2ccc(c1=O)C(=O)NCC(C(=O)NCCOCCNC(=O)OC(C)(C)C)NC(=O)c1ccc(n(OCc3ccccc3)c1=O)C(=O)NCCCNCCCCNCCCNC2=O. The molecule has 1 atom stereocenters. The number of pyridine rings is 2. The molecule has 0 aliphatic carbocycles. The molecule has 0 radical (unpaired) electrons. The normalized spacial score (nSPS) is 16.6. The molecule has 1 aromatic carbocycles. The van der Waals surface area contributed by atoms with E-state index in [9.17, 15) is 38.4 Å². The van der Waals surface area contributed by atoms with Crippen molar-refractivity contribution in [3.8, 4) is 0 Å². The molecule has 0 saturated heterocycles. The molecule has 3 aliphatic heterocycles. The molecule has 1 unspecified atom stereocenters. The third kappa shape index (κ3) is 17.1. The predicted molar refractivity (Wildman–Crippen MR) is 240 cm³/mol. The monoisotopic (exact) mass is 906 g/mol. The molecule has 6 rings (SSSR count). The number of rotatable bonds is 10. The molecule has 3 aliphatic rings. The average molecular weight is 907 g/mol. The van der Waals surface area contributed by atoms with Gasteiger partial charge >= 0.3 is 6.09 Å². The minimum atomic E-state index is -1.52. The van der Waals surface area contributed by atoms with Crippen LogP contribution in [0.5, 0.6) is 0 Å². The van der Waals surface area contributed by atoms with Crippen molar-refractivity contribution >= 4 is 35.6 Å². The molecule has 0 fully saturated rings. The van der Waals surface area contributed by atoms with Gasteiger partial charge in [-0.3, -0.25) is 33.6 Å². The first-order chi connectivity index (χ1) is 31.2. The van der Waals surface area contributed by atoms with Gasteiger partial charge in [-0.15, -0.1) is 4.73 Å². The Kier molecular flexibility index (Phi) is 20.6. The van der Waals surface area contributed by atoms with E-state index < -0.39 is 70.5 Å². The Balaban J connectivity index is 1.56. The lowest BCUT2D eigenvalue weighted by Gasteiger charge is -2.20. The Hall–Kier alpha value is -6.58. The number of ether oxygens (including phenoxy) is 2. The second kappa shape index (κ2) is 26.3. The fraction of sp³-hybridized carbons (Fsp3) is 0.500. The summed E-state index contributed by atoms with van der Waals surface area (Å²) in [6.45, 7) is 8.14. The van der Waals surface area contributed by atoms with Crippen LogP contribution in [0.1, 0.15) is 93.7 Å². The number of amides is 6. The second-order valence-corrected chi connectivity index (χ2v) is 16.0. The maximum Gasteiger partial charge on any atom is 0.407 e. The molecule has 0 saturated carbocycles. The van der Waals surface area contributed by atoms with Crippen molar-refractivity contribution in [2.24, 2.45) is 7.05 Å². The van der Waals surface area contributed by atoms with Crippen molar-refractivity contribution in [2.45, 2.75) is 64.7 Å². The number of nitrogens with zero attached hydrogens (tertiary/aromatic N) is 2. The Morgan fingerprint density at radius 2 is 1.23 bits per heavy atom. The molecule has 3 aromatic rings. The van der Waals surface area contributed by atoms with E-state index in [2.05, 4.69) is 42.5 Å². The average Bonchev–Trinajstić information content (AvgIpc) is 3.26. The molecule has 2 aromatic heterocycles. The number of hydrogen-bond donors (Lipinski definition) is 8. The van der Waals surface area contributed by atoms with Gasteiger partial charge in [-0.25, -0.2) is 4.79 Å². The first-order valence-electron chi connectivity index (χ1n) is 21.7. The Morgan fingerprint density at radius 3 is 1.86 bits per heavy atom. The maximum absolute atomic E-state index is 14.0. The molecule has 21 nitrogen and oxygen atoms in total. The number of fused-ring (bicyclic) bond motifs is 2. The minimum absolute atomic E-state index is 0.00881. The molecule has 354 valence electrons. The van der Waals surface area contributed by atoms with Gasteiger partial charge in [0.1, 0.15) is 40.8 Å². The van der Waals surface area contributed by atoms with Gasteiger partial charge in [0.25, 0.3) is 34.7 Å². The standard InChI is InChI=1S/C44H62N10O11/c1-44(2,3)65-43(62)50-25-27-63-26-24-49-38(57)33-28-51-36(55)31-14-16-34(53(4)41(31)60)39(58)47-22-10-20-45-18-8-9-19-46-21-11-23-48-40(59)35-17-15-32(37(56)52-33)42(61)54(35)64-29-30-12-6-5-7-13-30/h5-7,12-17,33,45-46H,8-11,18-29H2,1-4H3,(H,47,58)(H,48,59)(H,49,57)(H,50,62)(H,51,55)(H,52,56). The Labute approximate surface area is 377 Å². The number of nitrogens with one attached hydrogen (secondary N) is 8. The highest BCUT2D eigenvalue weighted by Gasteiger charge is 2.27. The van der Waals surface area contributed by atoms with Gasteiger partial charge in [-0.1, -0.05) is 30.3 Å². The number of carbonyl (C=O) groups excluding carboxylic acids is 6. The number of aromatic nitrogens is 2. The van der Waals surface area contributed by atoms with Gasteiger partial charge in [0.15, 0.2) is 0 Å². The van der Waals surface area contributed by atoms with E-state index in [1.165, 1.54) is 25.2 Å². The van der Waals surface area contributed by atoms with E-state index in [0.717, 1.165) is 41.3 Å². The van der Waals surface area contributed by atoms with Crippen LogP contribution in [-0.4, -0.2) is 129 Å². The van der Waals surface area contributed by atoms with Crippen LogP contribution < -0.4 is 58.5 Å². The van der Waals surface area contributed by atoms with Crippen molar-refractivity contribution in [2.75, 3.05) is 72.1 Å². The zero-order valence-corrected chi connectivity index (χ0v) is 37.5. The van der Waals surface area contributed by atoms with E-state index >= 15 is 0 Å². The molecule has 6 amide bonds. The van der Waals surface area contributed by atoms with Crippen LogP contribution >= 0.6 is 0 Å². The summed E-state index contributed by atoms with van der Waals surface area (Å²) in [7, 11) is 1.35. The van der Waals surface area contributed by atoms with Crippen molar-refractivity contribution in [3.05, 3.63) is 103 Å². The fourth-order valence-corrected chi connectivity index (χ4v) is 6.25. The number of hydrogen-bond acceptors (Lipinski definition) is 13. The summed E-state index contributed by atoms with van der Waals surface area (Å²) in [5.74, 6) is -3.84. The van der Waals surface area contributed by atoms with Crippen LogP contribution in [0.15, 0.2) is 64.2 Å². The Morgan fingerprint density at radius 1 is 0.662 bits per heavy atom. The summed E-state index contributed by atoms with van der Waals surface area (Å²) >= 11 is 0. The van der Waals surface area contributed by atoms with Gasteiger partial charge in [0, 0.05) is 39.8 Å². The quantitative estimate of drug-likeness (QED) is 0.120. The number of benzene rings is 1. The first kappa shape index (κ1) is 51.1. The van der Waals surface area contributed by atoms with Gasteiger partial charge < -0.3 is 61.4 Å². The molecule has 4 bridgehead atoms. The third-order valence-corrected chi connectivity index (χ3v) is 9.64. The lowest BCUT2D eigenvalue weighted by atomic mass is 10.1. The number of alkyl carbamates (subject to hydrolysis) is 1. The smallest absolute Gasteiger partial charge is 0.407 e. The summed E-state index contributed by atoms with van der Waals surface area (Å²) in [4.78, 5) is 112. The Bertz CT molecular complexity index is 2210. The van der Waals surface area contributed by atoms with Crippen LogP contribution in [0.4, 0.5) is 4.79 Å².